The summed E-state index contributed by atoms with van der Waals surface area (Å²) >= 11 is 3.43. The zero-order valence-electron chi connectivity index (χ0n) is 11.2. The molecule has 0 aromatic heterocycles. The molecule has 4 nitrogen and oxygen atoms in total. The third-order valence-corrected chi connectivity index (χ3v) is 3.54. The van der Waals surface area contributed by atoms with Crippen LogP contribution in [-0.2, 0) is 11.2 Å². The van der Waals surface area contributed by atoms with Crippen LogP contribution < -0.4 is 0 Å². The Kier molecular flexibility index (Phi) is 3.67. The number of hydrogen-bond donors (Lipinski definition) is 0. The number of carbonyl (C=O) groups is 2. The average molecular weight is 326 g/mol. The lowest BCUT2D eigenvalue weighted by Crippen LogP contribution is -2.44. The number of imide groups is 1. The van der Waals surface area contributed by atoms with Crippen molar-refractivity contribution in [2.45, 2.75) is 32.8 Å². The van der Waals surface area contributed by atoms with Crippen LogP contribution in [0.15, 0.2) is 22.7 Å². The number of hydrogen-bond acceptors (Lipinski definition) is 3. The van der Waals surface area contributed by atoms with Crippen molar-refractivity contribution in [3.63, 3.8) is 0 Å². The molecule has 0 aliphatic carbocycles. The molecule has 0 saturated heterocycles. The first-order chi connectivity index (χ1) is 8.79. The SMILES string of the molecule is CC(C)(C)OC(=O)N1CCc2c(Br)cccc2C1=O. The third-order valence-electron chi connectivity index (χ3n) is 2.79. The summed E-state index contributed by atoms with van der Waals surface area (Å²) < 4.78 is 6.15. The lowest BCUT2D eigenvalue weighted by Gasteiger charge is -2.29. The van der Waals surface area contributed by atoms with E-state index < -0.39 is 11.7 Å². The van der Waals surface area contributed by atoms with E-state index >= 15 is 0 Å². The van der Waals surface area contributed by atoms with Crippen LogP contribution in [0, 0.1) is 0 Å². The summed E-state index contributed by atoms with van der Waals surface area (Å²) in [5.41, 5.74) is 0.911. The first-order valence-corrected chi connectivity index (χ1v) is 6.91. The fourth-order valence-corrected chi connectivity index (χ4v) is 2.54. The van der Waals surface area contributed by atoms with Gasteiger partial charge in [-0.05, 0) is 44.9 Å². The monoisotopic (exact) mass is 325 g/mol. The zero-order valence-corrected chi connectivity index (χ0v) is 12.8. The molecule has 0 fully saturated rings. The molecule has 1 aliphatic rings. The number of benzene rings is 1. The lowest BCUT2D eigenvalue weighted by atomic mass is 9.99. The quantitative estimate of drug-likeness (QED) is 0.734. The smallest absolute Gasteiger partial charge is 0.417 e. The molecule has 1 aromatic rings. The number of halogens is 1. The fourth-order valence-electron chi connectivity index (χ4n) is 1.97. The Morgan fingerprint density at radius 2 is 2.05 bits per heavy atom. The minimum atomic E-state index is -0.602. The minimum Gasteiger partial charge on any atom is -0.443 e. The van der Waals surface area contributed by atoms with E-state index in [0.29, 0.717) is 18.5 Å². The summed E-state index contributed by atoms with van der Waals surface area (Å²) in [6.07, 6.45) is 0.0602. The highest BCUT2D eigenvalue weighted by Crippen LogP contribution is 2.27. The number of ether oxygens (including phenoxy) is 1. The first kappa shape index (κ1) is 14.1. The Hall–Kier alpha value is -1.36. The molecule has 0 radical (unpaired) electrons. The van der Waals surface area contributed by atoms with E-state index in [-0.39, 0.29) is 5.91 Å². The first-order valence-electron chi connectivity index (χ1n) is 6.12. The summed E-state index contributed by atoms with van der Waals surface area (Å²) in [6.45, 7) is 5.70. The molecule has 1 aliphatic heterocycles. The molecular weight excluding hydrogens is 310 g/mol. The summed E-state index contributed by atoms with van der Waals surface area (Å²) in [6, 6.07) is 5.42. The molecule has 0 saturated carbocycles. The van der Waals surface area contributed by atoms with Gasteiger partial charge >= 0.3 is 6.09 Å². The van der Waals surface area contributed by atoms with Crippen LogP contribution in [0.2, 0.25) is 0 Å². The van der Waals surface area contributed by atoms with Gasteiger partial charge in [-0.3, -0.25) is 4.79 Å². The van der Waals surface area contributed by atoms with Crippen molar-refractivity contribution in [3.05, 3.63) is 33.8 Å². The van der Waals surface area contributed by atoms with Crippen LogP contribution in [0.4, 0.5) is 4.79 Å². The van der Waals surface area contributed by atoms with E-state index in [4.69, 9.17) is 4.74 Å². The predicted molar refractivity (Wildman–Crippen MR) is 75.1 cm³/mol. The van der Waals surface area contributed by atoms with Gasteiger partial charge in [-0.25, -0.2) is 9.69 Å². The van der Waals surface area contributed by atoms with Crippen molar-refractivity contribution in [1.29, 1.82) is 0 Å². The molecule has 2 rings (SSSR count). The van der Waals surface area contributed by atoms with Gasteiger partial charge in [0.15, 0.2) is 0 Å². The number of nitrogens with zero attached hydrogens (tertiary/aromatic N) is 1. The van der Waals surface area contributed by atoms with Crippen molar-refractivity contribution in [3.8, 4) is 0 Å². The van der Waals surface area contributed by atoms with Crippen LogP contribution in [-0.4, -0.2) is 29.0 Å². The average Bonchev–Trinajstić information content (AvgIpc) is 2.28. The number of carbonyl (C=O) groups excluding carboxylic acids is 2. The molecule has 1 aromatic carbocycles. The van der Waals surface area contributed by atoms with Gasteiger partial charge in [0, 0.05) is 16.6 Å². The van der Waals surface area contributed by atoms with Gasteiger partial charge in [0.25, 0.3) is 5.91 Å². The second-order valence-electron chi connectivity index (χ2n) is 5.45. The van der Waals surface area contributed by atoms with E-state index in [2.05, 4.69) is 15.9 Å². The second kappa shape index (κ2) is 4.96. The van der Waals surface area contributed by atoms with Gasteiger partial charge in [-0.2, -0.15) is 0 Å². The summed E-state index contributed by atoms with van der Waals surface area (Å²) in [7, 11) is 0. The van der Waals surface area contributed by atoms with Gasteiger partial charge in [0.05, 0.1) is 0 Å². The molecule has 19 heavy (non-hydrogen) atoms. The number of amides is 2. The third kappa shape index (κ3) is 2.97. The summed E-state index contributed by atoms with van der Waals surface area (Å²) in [5, 5.41) is 0. The second-order valence-corrected chi connectivity index (χ2v) is 6.31. The minimum absolute atomic E-state index is 0.295. The number of fused-ring (bicyclic) bond motifs is 1. The molecule has 0 spiro atoms. The molecule has 0 N–H and O–H groups in total. The van der Waals surface area contributed by atoms with Gasteiger partial charge in [0.2, 0.25) is 0 Å². The van der Waals surface area contributed by atoms with E-state index in [0.717, 1.165) is 10.0 Å². The molecule has 0 bridgehead atoms. The molecule has 2 amide bonds. The standard InChI is InChI=1S/C14H16BrNO3/c1-14(2,3)19-13(18)16-8-7-9-10(12(16)17)5-4-6-11(9)15/h4-6H,7-8H2,1-3H3. The fraction of sp³-hybridized carbons (Fsp3) is 0.429. The topological polar surface area (TPSA) is 46.6 Å². The van der Waals surface area contributed by atoms with Gasteiger partial charge in [-0.1, -0.05) is 22.0 Å². The summed E-state index contributed by atoms with van der Waals surface area (Å²) in [4.78, 5) is 25.5. The largest absolute Gasteiger partial charge is 0.443 e. The Morgan fingerprint density at radius 1 is 1.37 bits per heavy atom. The van der Waals surface area contributed by atoms with Crippen molar-refractivity contribution < 1.29 is 14.3 Å². The van der Waals surface area contributed by atoms with Gasteiger partial charge in [0.1, 0.15) is 5.60 Å². The molecule has 102 valence electrons. The van der Waals surface area contributed by atoms with Crippen molar-refractivity contribution in [2.75, 3.05) is 6.54 Å². The highest BCUT2D eigenvalue weighted by atomic mass is 79.9. The molecule has 0 atom stereocenters. The van der Waals surface area contributed by atoms with E-state index in [1.165, 1.54) is 4.90 Å². The van der Waals surface area contributed by atoms with Crippen LogP contribution in [0.25, 0.3) is 0 Å². The Morgan fingerprint density at radius 3 is 2.68 bits per heavy atom. The highest BCUT2D eigenvalue weighted by molar-refractivity contribution is 9.10. The maximum Gasteiger partial charge on any atom is 0.417 e. The zero-order chi connectivity index (χ0) is 14.2. The van der Waals surface area contributed by atoms with E-state index in [1.807, 2.05) is 6.07 Å². The highest BCUT2D eigenvalue weighted by Gasteiger charge is 2.32. The van der Waals surface area contributed by atoms with Crippen LogP contribution >= 0.6 is 15.9 Å². The summed E-state index contributed by atoms with van der Waals surface area (Å²) in [5.74, 6) is -0.295. The van der Waals surface area contributed by atoms with Crippen LogP contribution in [0.3, 0.4) is 0 Å². The maximum atomic E-state index is 12.3. The van der Waals surface area contributed by atoms with Crippen molar-refractivity contribution in [2.24, 2.45) is 0 Å². The van der Waals surface area contributed by atoms with Crippen molar-refractivity contribution >= 4 is 27.9 Å². The molecule has 0 unspecified atom stereocenters. The van der Waals surface area contributed by atoms with Crippen LogP contribution in [0.5, 0.6) is 0 Å². The van der Waals surface area contributed by atoms with Crippen LogP contribution in [0.1, 0.15) is 36.7 Å². The Labute approximate surface area is 120 Å². The number of rotatable bonds is 0. The van der Waals surface area contributed by atoms with Gasteiger partial charge in [-0.15, -0.1) is 0 Å². The molecular formula is C14H16BrNO3. The van der Waals surface area contributed by atoms with Gasteiger partial charge < -0.3 is 4.74 Å². The van der Waals surface area contributed by atoms with E-state index in [9.17, 15) is 9.59 Å². The Balaban J connectivity index is 2.25. The maximum absolute atomic E-state index is 12.3. The molecule has 1 heterocycles. The normalized spacial score (nSPS) is 15.2. The Bertz CT molecular complexity index is 534. The van der Waals surface area contributed by atoms with E-state index in [1.54, 1.807) is 32.9 Å². The molecule has 5 heteroatoms. The lowest BCUT2D eigenvalue weighted by molar-refractivity contribution is 0.0233. The van der Waals surface area contributed by atoms with Crippen molar-refractivity contribution in [1.82, 2.24) is 4.90 Å². The predicted octanol–water partition coefficient (Wildman–Crippen LogP) is 3.38.